The molecular formula is C13H14F2. The molecule has 0 fully saturated rings. The monoisotopic (exact) mass is 208 g/mol. The van der Waals surface area contributed by atoms with Crippen LogP contribution in [0.1, 0.15) is 37.3 Å². The van der Waals surface area contributed by atoms with E-state index in [1.165, 1.54) is 11.6 Å². The Labute approximate surface area is 88.6 Å². The van der Waals surface area contributed by atoms with Crippen LogP contribution in [0, 0.1) is 11.6 Å². The van der Waals surface area contributed by atoms with Gasteiger partial charge in [0, 0.05) is 0 Å². The quantitative estimate of drug-likeness (QED) is 0.686. The van der Waals surface area contributed by atoms with Crippen LogP contribution in [0.5, 0.6) is 0 Å². The lowest BCUT2D eigenvalue weighted by Gasteiger charge is -2.16. The minimum absolute atomic E-state index is 0.537. The van der Waals surface area contributed by atoms with Crippen LogP contribution >= 0.6 is 0 Å². The predicted octanol–water partition coefficient (Wildman–Crippen LogP) is 4.09. The molecule has 80 valence electrons. The van der Waals surface area contributed by atoms with Crippen LogP contribution in [0.25, 0.3) is 6.08 Å². The van der Waals surface area contributed by atoms with Crippen molar-refractivity contribution in [3.05, 3.63) is 40.5 Å². The number of hydrogen-bond donors (Lipinski definition) is 0. The molecule has 0 unspecified atom stereocenters. The normalized spacial score (nSPS) is 14.7. The smallest absolute Gasteiger partial charge is 0.162 e. The fourth-order valence-corrected chi connectivity index (χ4v) is 2.09. The van der Waals surface area contributed by atoms with Crippen molar-refractivity contribution in [2.24, 2.45) is 0 Å². The lowest BCUT2D eigenvalue weighted by Crippen LogP contribution is -2.04. The van der Waals surface area contributed by atoms with Gasteiger partial charge in [-0.2, -0.15) is 0 Å². The van der Waals surface area contributed by atoms with E-state index in [-0.39, 0.29) is 0 Å². The van der Waals surface area contributed by atoms with Crippen LogP contribution in [0.4, 0.5) is 8.78 Å². The fourth-order valence-electron chi connectivity index (χ4n) is 2.09. The Hall–Kier alpha value is -1.18. The lowest BCUT2D eigenvalue weighted by atomic mass is 9.90. The first-order chi connectivity index (χ1) is 7.22. The predicted molar refractivity (Wildman–Crippen MR) is 57.6 cm³/mol. The molecule has 0 nitrogen and oxygen atoms in total. The molecule has 0 N–H and O–H groups in total. The first kappa shape index (κ1) is 10.3. The molecule has 0 aliphatic heterocycles. The van der Waals surface area contributed by atoms with E-state index in [1.54, 1.807) is 6.07 Å². The first-order valence-electron chi connectivity index (χ1n) is 5.38. The molecular weight excluding hydrogens is 194 g/mol. The molecule has 0 heterocycles. The minimum atomic E-state index is -0.735. The largest absolute Gasteiger partial charge is 0.204 e. The summed E-state index contributed by atoms with van der Waals surface area (Å²) in [5, 5.41) is 0. The van der Waals surface area contributed by atoms with Gasteiger partial charge >= 0.3 is 0 Å². The molecule has 1 aliphatic rings. The van der Waals surface area contributed by atoms with Gasteiger partial charge in [0.2, 0.25) is 0 Å². The number of fused-ring (bicyclic) bond motifs is 1. The third kappa shape index (κ3) is 1.94. The molecule has 2 heteroatoms. The van der Waals surface area contributed by atoms with E-state index in [0.717, 1.165) is 24.8 Å². The van der Waals surface area contributed by atoms with E-state index in [4.69, 9.17) is 0 Å². The molecule has 1 aromatic carbocycles. The number of allylic oxidation sites excluding steroid dienone is 1. The van der Waals surface area contributed by atoms with Crippen molar-refractivity contribution in [1.82, 2.24) is 0 Å². The Morgan fingerprint density at radius 2 is 2.00 bits per heavy atom. The standard InChI is InChI=1S/C13H14F2/c1-2-3-9-4-6-11-10(8-9)5-7-12(14)13(11)15/h5,7-8H,2-4,6H2,1H3. The Morgan fingerprint density at radius 1 is 1.20 bits per heavy atom. The minimum Gasteiger partial charge on any atom is -0.204 e. The fraction of sp³-hybridized carbons (Fsp3) is 0.385. The van der Waals surface area contributed by atoms with E-state index in [2.05, 4.69) is 6.92 Å². The van der Waals surface area contributed by atoms with Gasteiger partial charge in [-0.25, -0.2) is 8.78 Å². The average molecular weight is 208 g/mol. The second-order valence-corrected chi connectivity index (χ2v) is 3.98. The van der Waals surface area contributed by atoms with Crippen LogP contribution in [0.15, 0.2) is 17.7 Å². The van der Waals surface area contributed by atoms with Gasteiger partial charge in [0.05, 0.1) is 0 Å². The van der Waals surface area contributed by atoms with Crippen molar-refractivity contribution < 1.29 is 8.78 Å². The maximum absolute atomic E-state index is 13.4. The average Bonchev–Trinajstić information content (AvgIpc) is 2.24. The highest BCUT2D eigenvalue weighted by Gasteiger charge is 2.16. The molecule has 0 atom stereocenters. The molecule has 0 spiro atoms. The van der Waals surface area contributed by atoms with Gasteiger partial charge in [0.15, 0.2) is 11.6 Å². The summed E-state index contributed by atoms with van der Waals surface area (Å²) in [5.74, 6) is -1.40. The summed E-state index contributed by atoms with van der Waals surface area (Å²) in [6.45, 7) is 2.13. The van der Waals surface area contributed by atoms with E-state index < -0.39 is 11.6 Å². The highest BCUT2D eigenvalue weighted by Crippen LogP contribution is 2.29. The van der Waals surface area contributed by atoms with Crippen molar-refractivity contribution >= 4 is 6.08 Å². The van der Waals surface area contributed by atoms with Gasteiger partial charge in [0.25, 0.3) is 0 Å². The maximum atomic E-state index is 13.4. The molecule has 0 radical (unpaired) electrons. The summed E-state index contributed by atoms with van der Waals surface area (Å²) in [6.07, 6.45) is 5.65. The molecule has 1 aliphatic carbocycles. The Bertz CT molecular complexity index is 405. The summed E-state index contributed by atoms with van der Waals surface area (Å²) in [7, 11) is 0. The zero-order valence-corrected chi connectivity index (χ0v) is 8.82. The van der Waals surface area contributed by atoms with Gasteiger partial charge < -0.3 is 0 Å². The molecule has 0 amide bonds. The van der Waals surface area contributed by atoms with Crippen molar-refractivity contribution in [2.45, 2.75) is 32.6 Å². The van der Waals surface area contributed by atoms with Crippen LogP contribution in [-0.4, -0.2) is 0 Å². The molecule has 0 bridgehead atoms. The molecule has 0 saturated carbocycles. The first-order valence-corrected chi connectivity index (χ1v) is 5.38. The van der Waals surface area contributed by atoms with E-state index in [9.17, 15) is 8.78 Å². The van der Waals surface area contributed by atoms with Crippen molar-refractivity contribution in [1.29, 1.82) is 0 Å². The third-order valence-electron chi connectivity index (χ3n) is 2.86. The number of halogens is 2. The van der Waals surface area contributed by atoms with Gasteiger partial charge in [-0.05, 0) is 36.5 Å². The summed E-state index contributed by atoms with van der Waals surface area (Å²) in [5.41, 5.74) is 2.73. The highest BCUT2D eigenvalue weighted by atomic mass is 19.2. The van der Waals surface area contributed by atoms with E-state index >= 15 is 0 Å². The summed E-state index contributed by atoms with van der Waals surface area (Å²) < 4.78 is 26.3. The number of hydrogen-bond acceptors (Lipinski definition) is 0. The number of benzene rings is 1. The van der Waals surface area contributed by atoms with Crippen LogP contribution < -0.4 is 0 Å². The molecule has 0 saturated heterocycles. The summed E-state index contributed by atoms with van der Waals surface area (Å²) in [6, 6.07) is 2.88. The van der Waals surface area contributed by atoms with Gasteiger partial charge in [-0.15, -0.1) is 0 Å². The Kier molecular flexibility index (Phi) is 2.85. The number of rotatable bonds is 2. The highest BCUT2D eigenvalue weighted by molar-refractivity contribution is 5.59. The Balaban J connectivity index is 2.40. The zero-order valence-electron chi connectivity index (χ0n) is 8.82. The van der Waals surface area contributed by atoms with E-state index in [1.807, 2.05) is 6.08 Å². The summed E-state index contributed by atoms with van der Waals surface area (Å²) >= 11 is 0. The summed E-state index contributed by atoms with van der Waals surface area (Å²) in [4.78, 5) is 0. The van der Waals surface area contributed by atoms with Crippen LogP contribution in [0.3, 0.4) is 0 Å². The molecule has 1 aromatic rings. The second kappa shape index (κ2) is 4.13. The lowest BCUT2D eigenvalue weighted by molar-refractivity contribution is 0.497. The molecule has 0 aromatic heterocycles. The van der Waals surface area contributed by atoms with E-state index in [0.29, 0.717) is 12.0 Å². The Morgan fingerprint density at radius 3 is 2.73 bits per heavy atom. The zero-order chi connectivity index (χ0) is 10.8. The maximum Gasteiger partial charge on any atom is 0.162 e. The van der Waals surface area contributed by atoms with Gasteiger partial charge in [-0.1, -0.05) is 31.1 Å². The third-order valence-corrected chi connectivity index (χ3v) is 2.86. The van der Waals surface area contributed by atoms with Crippen LogP contribution in [-0.2, 0) is 6.42 Å². The van der Waals surface area contributed by atoms with Crippen molar-refractivity contribution in [3.8, 4) is 0 Å². The van der Waals surface area contributed by atoms with Gasteiger partial charge in [0.1, 0.15) is 0 Å². The molecule has 15 heavy (non-hydrogen) atoms. The second-order valence-electron chi connectivity index (χ2n) is 3.98. The molecule has 2 rings (SSSR count). The SMILES string of the molecule is CCCC1=Cc2ccc(F)c(F)c2CC1. The van der Waals surface area contributed by atoms with Gasteiger partial charge in [-0.3, -0.25) is 0 Å². The topological polar surface area (TPSA) is 0 Å². The van der Waals surface area contributed by atoms with Crippen LogP contribution in [0.2, 0.25) is 0 Å². The van der Waals surface area contributed by atoms with Crippen molar-refractivity contribution in [3.63, 3.8) is 0 Å². The van der Waals surface area contributed by atoms with Crippen molar-refractivity contribution in [2.75, 3.05) is 0 Å².